The van der Waals surface area contributed by atoms with Crippen LogP contribution in [0.1, 0.15) is 46.5 Å². The van der Waals surface area contributed by atoms with Crippen LogP contribution in [0.2, 0.25) is 0 Å². The van der Waals surface area contributed by atoms with E-state index in [1.165, 1.54) is 12.8 Å². The summed E-state index contributed by atoms with van der Waals surface area (Å²) >= 11 is 1.61. The van der Waals surface area contributed by atoms with Crippen LogP contribution in [0.25, 0.3) is 0 Å². The monoisotopic (exact) mass is 216 g/mol. The van der Waals surface area contributed by atoms with Crippen LogP contribution in [0, 0.1) is 5.92 Å². The van der Waals surface area contributed by atoms with Gasteiger partial charge in [0, 0.05) is 4.75 Å². The van der Waals surface area contributed by atoms with Gasteiger partial charge in [-0.25, -0.2) is 0 Å². The number of carboxylic acids is 1. The van der Waals surface area contributed by atoms with E-state index in [1.807, 2.05) is 0 Å². The molecule has 0 saturated heterocycles. The molecule has 0 aliphatic heterocycles. The van der Waals surface area contributed by atoms with E-state index in [-0.39, 0.29) is 10.00 Å². The average molecular weight is 216 g/mol. The van der Waals surface area contributed by atoms with E-state index >= 15 is 0 Å². The highest BCUT2D eigenvalue weighted by molar-refractivity contribution is 8.01. The summed E-state index contributed by atoms with van der Waals surface area (Å²) in [5, 5.41) is 8.98. The summed E-state index contributed by atoms with van der Waals surface area (Å²) < 4.78 is 0.0473. The molecule has 0 aromatic heterocycles. The van der Waals surface area contributed by atoms with Gasteiger partial charge in [-0.2, -0.15) is 0 Å². The molecule has 0 heterocycles. The Bertz CT molecular complexity index is 202. The molecule has 2 nitrogen and oxygen atoms in total. The van der Waals surface area contributed by atoms with Crippen molar-refractivity contribution in [1.29, 1.82) is 0 Å². The molecule has 1 rings (SSSR count). The highest BCUT2D eigenvalue weighted by Gasteiger charge is 2.34. The van der Waals surface area contributed by atoms with Crippen molar-refractivity contribution in [2.75, 3.05) is 0 Å². The Kier molecular flexibility index (Phi) is 3.87. The van der Waals surface area contributed by atoms with Crippen molar-refractivity contribution in [2.24, 2.45) is 5.92 Å². The maximum absolute atomic E-state index is 11.1. The van der Waals surface area contributed by atoms with Gasteiger partial charge >= 0.3 is 5.97 Å². The number of carboxylic acid groups (broad SMARTS) is 1. The minimum atomic E-state index is -0.628. The maximum Gasteiger partial charge on any atom is 0.316 e. The highest BCUT2D eigenvalue weighted by Crippen LogP contribution is 2.39. The van der Waals surface area contributed by atoms with E-state index in [0.29, 0.717) is 5.92 Å². The van der Waals surface area contributed by atoms with Gasteiger partial charge in [0.2, 0.25) is 0 Å². The zero-order valence-corrected chi connectivity index (χ0v) is 10.1. The minimum Gasteiger partial charge on any atom is -0.480 e. The second-order valence-corrected chi connectivity index (χ2v) is 7.00. The predicted molar refractivity (Wildman–Crippen MR) is 60.7 cm³/mol. The van der Waals surface area contributed by atoms with Crippen LogP contribution in [-0.4, -0.2) is 21.1 Å². The molecular weight excluding hydrogens is 196 g/mol. The zero-order valence-electron chi connectivity index (χ0n) is 9.25. The summed E-state index contributed by atoms with van der Waals surface area (Å²) in [4.78, 5) is 11.1. The highest BCUT2D eigenvalue weighted by atomic mass is 32.2. The summed E-state index contributed by atoms with van der Waals surface area (Å²) in [5.74, 6) is -0.228. The fourth-order valence-electron chi connectivity index (χ4n) is 1.99. The topological polar surface area (TPSA) is 37.3 Å². The van der Waals surface area contributed by atoms with Crippen molar-refractivity contribution in [3.8, 4) is 0 Å². The zero-order chi connectivity index (χ0) is 10.8. The van der Waals surface area contributed by atoms with E-state index in [0.717, 1.165) is 12.8 Å². The fraction of sp³-hybridized carbons (Fsp3) is 0.909. The van der Waals surface area contributed by atoms with Gasteiger partial charge in [0.05, 0.1) is 0 Å². The van der Waals surface area contributed by atoms with Gasteiger partial charge in [0.15, 0.2) is 0 Å². The van der Waals surface area contributed by atoms with Crippen LogP contribution in [0.3, 0.4) is 0 Å². The molecule has 82 valence electrons. The van der Waals surface area contributed by atoms with Crippen molar-refractivity contribution < 1.29 is 9.90 Å². The first-order chi connectivity index (χ1) is 6.40. The summed E-state index contributed by atoms with van der Waals surface area (Å²) in [6.45, 7) is 6.26. The predicted octanol–water partition coefficient (Wildman–Crippen LogP) is 3.16. The number of rotatable bonds is 3. The first-order valence-corrected chi connectivity index (χ1v) is 6.19. The van der Waals surface area contributed by atoms with Crippen LogP contribution >= 0.6 is 11.8 Å². The molecule has 1 aliphatic rings. The first-order valence-electron chi connectivity index (χ1n) is 5.31. The van der Waals surface area contributed by atoms with Crippen LogP contribution in [0.4, 0.5) is 0 Å². The van der Waals surface area contributed by atoms with Crippen molar-refractivity contribution in [3.05, 3.63) is 0 Å². The molecule has 1 fully saturated rings. The summed E-state index contributed by atoms with van der Waals surface area (Å²) in [5.41, 5.74) is 0. The van der Waals surface area contributed by atoms with E-state index in [2.05, 4.69) is 20.8 Å². The lowest BCUT2D eigenvalue weighted by Crippen LogP contribution is -2.29. The minimum absolute atomic E-state index is 0.0473. The third kappa shape index (κ3) is 3.52. The number of hydrogen-bond acceptors (Lipinski definition) is 2. The summed E-state index contributed by atoms with van der Waals surface area (Å²) in [7, 11) is 0. The SMILES string of the molecule is CC(C)(C)SC(C(=O)O)C1CCCC1. The number of aliphatic carboxylic acids is 1. The molecule has 1 N–H and O–H groups in total. The van der Waals surface area contributed by atoms with Gasteiger partial charge in [0.1, 0.15) is 5.25 Å². The number of thioether (sulfide) groups is 1. The molecule has 0 radical (unpaired) electrons. The number of hydrogen-bond donors (Lipinski definition) is 1. The lowest BCUT2D eigenvalue weighted by atomic mass is 10.0. The molecular formula is C11H20O2S. The van der Waals surface area contributed by atoms with E-state index in [1.54, 1.807) is 11.8 Å². The smallest absolute Gasteiger partial charge is 0.316 e. The van der Waals surface area contributed by atoms with Gasteiger partial charge < -0.3 is 5.11 Å². The normalized spacial score (nSPS) is 21.1. The lowest BCUT2D eigenvalue weighted by molar-refractivity contribution is -0.137. The van der Waals surface area contributed by atoms with Crippen molar-refractivity contribution in [3.63, 3.8) is 0 Å². The van der Waals surface area contributed by atoms with E-state index in [4.69, 9.17) is 0 Å². The van der Waals surface area contributed by atoms with Gasteiger partial charge in [-0.05, 0) is 18.8 Å². The first kappa shape index (κ1) is 11.9. The molecule has 3 heteroatoms. The second kappa shape index (κ2) is 4.56. The van der Waals surface area contributed by atoms with E-state index < -0.39 is 5.97 Å². The maximum atomic E-state index is 11.1. The second-order valence-electron chi connectivity index (χ2n) is 5.03. The largest absolute Gasteiger partial charge is 0.480 e. The van der Waals surface area contributed by atoms with Crippen LogP contribution < -0.4 is 0 Å². The quantitative estimate of drug-likeness (QED) is 0.787. The average Bonchev–Trinajstić information content (AvgIpc) is 2.49. The number of carbonyl (C=O) groups is 1. The molecule has 0 aromatic carbocycles. The van der Waals surface area contributed by atoms with Gasteiger partial charge in [-0.3, -0.25) is 4.79 Å². The molecule has 0 amide bonds. The van der Waals surface area contributed by atoms with Crippen LogP contribution in [-0.2, 0) is 4.79 Å². The van der Waals surface area contributed by atoms with Crippen molar-refractivity contribution in [1.82, 2.24) is 0 Å². The van der Waals surface area contributed by atoms with Crippen molar-refractivity contribution >= 4 is 17.7 Å². The lowest BCUT2D eigenvalue weighted by Gasteiger charge is -2.26. The standard InChI is InChI=1S/C11H20O2S/c1-11(2,3)14-9(10(12)13)8-6-4-5-7-8/h8-9H,4-7H2,1-3H3,(H,12,13). The van der Waals surface area contributed by atoms with Gasteiger partial charge in [0.25, 0.3) is 0 Å². The van der Waals surface area contributed by atoms with Crippen molar-refractivity contribution in [2.45, 2.75) is 56.5 Å². The molecule has 1 atom stereocenters. The molecule has 1 unspecified atom stereocenters. The molecule has 0 aromatic rings. The third-order valence-corrected chi connectivity index (χ3v) is 4.10. The molecule has 0 bridgehead atoms. The van der Waals surface area contributed by atoms with Gasteiger partial charge in [-0.15, -0.1) is 11.8 Å². The Labute approximate surface area is 90.5 Å². The molecule has 1 saturated carbocycles. The molecule has 1 aliphatic carbocycles. The van der Waals surface area contributed by atoms with Gasteiger partial charge in [-0.1, -0.05) is 33.6 Å². The summed E-state index contributed by atoms with van der Waals surface area (Å²) in [6, 6.07) is 0. The Morgan fingerprint density at radius 1 is 1.36 bits per heavy atom. The van der Waals surface area contributed by atoms with E-state index in [9.17, 15) is 9.90 Å². The fourth-order valence-corrected chi connectivity index (χ4v) is 3.32. The Morgan fingerprint density at radius 3 is 2.21 bits per heavy atom. The van der Waals surface area contributed by atoms with Crippen LogP contribution in [0.15, 0.2) is 0 Å². The Hall–Kier alpha value is -0.180. The third-order valence-electron chi connectivity index (χ3n) is 2.55. The Balaban J connectivity index is 2.59. The molecule has 14 heavy (non-hydrogen) atoms. The molecule has 0 spiro atoms. The summed E-state index contributed by atoms with van der Waals surface area (Å²) in [6.07, 6.45) is 4.61. The van der Waals surface area contributed by atoms with Crippen LogP contribution in [0.5, 0.6) is 0 Å². The Morgan fingerprint density at radius 2 is 1.86 bits per heavy atom.